The maximum atomic E-state index is 11.8. The second kappa shape index (κ2) is 4.14. The molecular formula is C11H12N4O. The van der Waals surface area contributed by atoms with E-state index in [0.717, 1.165) is 11.4 Å². The summed E-state index contributed by atoms with van der Waals surface area (Å²) in [5.41, 5.74) is 2.88. The number of carbonyl (C=O) groups excluding carboxylic acids is 1. The minimum atomic E-state index is -0.183. The normalized spacial score (nSPS) is 10.1. The Morgan fingerprint density at radius 3 is 2.69 bits per heavy atom. The summed E-state index contributed by atoms with van der Waals surface area (Å²) < 4.78 is 0. The van der Waals surface area contributed by atoms with Crippen molar-refractivity contribution in [3.05, 3.63) is 41.5 Å². The molecule has 2 N–H and O–H groups in total. The van der Waals surface area contributed by atoms with Crippen molar-refractivity contribution in [2.45, 2.75) is 13.8 Å². The van der Waals surface area contributed by atoms with Crippen LogP contribution in [0, 0.1) is 13.8 Å². The van der Waals surface area contributed by atoms with Gasteiger partial charge in [0.05, 0.1) is 23.6 Å². The van der Waals surface area contributed by atoms with Gasteiger partial charge < -0.3 is 5.32 Å². The lowest BCUT2D eigenvalue weighted by atomic mass is 10.2. The van der Waals surface area contributed by atoms with Crippen LogP contribution < -0.4 is 5.32 Å². The Bertz CT molecular complexity index is 501. The van der Waals surface area contributed by atoms with Gasteiger partial charge in [0, 0.05) is 11.4 Å². The number of hydrogen-bond acceptors (Lipinski definition) is 3. The number of hydrogen-bond donors (Lipinski definition) is 2. The van der Waals surface area contributed by atoms with Gasteiger partial charge in [0.15, 0.2) is 0 Å². The van der Waals surface area contributed by atoms with Crippen molar-refractivity contribution in [3.8, 4) is 0 Å². The third-order valence-corrected chi connectivity index (χ3v) is 2.24. The van der Waals surface area contributed by atoms with E-state index in [4.69, 9.17) is 0 Å². The van der Waals surface area contributed by atoms with Crippen LogP contribution in [0.25, 0.3) is 0 Å². The number of amides is 1. The van der Waals surface area contributed by atoms with Crippen LogP contribution in [0.4, 0.5) is 5.69 Å². The van der Waals surface area contributed by atoms with Crippen molar-refractivity contribution >= 4 is 11.6 Å². The van der Waals surface area contributed by atoms with E-state index in [9.17, 15) is 4.79 Å². The molecule has 2 aromatic heterocycles. The topological polar surface area (TPSA) is 70.7 Å². The van der Waals surface area contributed by atoms with Gasteiger partial charge in [0.25, 0.3) is 5.91 Å². The maximum Gasteiger partial charge on any atom is 0.259 e. The first kappa shape index (κ1) is 10.4. The minimum absolute atomic E-state index is 0.183. The Kier molecular flexibility index (Phi) is 2.68. The zero-order chi connectivity index (χ0) is 11.5. The molecule has 0 aliphatic rings. The third kappa shape index (κ3) is 2.08. The molecule has 5 nitrogen and oxygen atoms in total. The second-order valence-electron chi connectivity index (χ2n) is 3.55. The summed E-state index contributed by atoms with van der Waals surface area (Å²) in [4.78, 5) is 15.9. The zero-order valence-corrected chi connectivity index (χ0v) is 9.11. The number of nitrogens with one attached hydrogen (secondary N) is 2. The smallest absolute Gasteiger partial charge is 0.259 e. The molecule has 1 amide bonds. The van der Waals surface area contributed by atoms with Crippen LogP contribution >= 0.6 is 0 Å². The molecule has 0 aliphatic carbocycles. The van der Waals surface area contributed by atoms with Crippen LogP contribution in [0.3, 0.4) is 0 Å². The van der Waals surface area contributed by atoms with Gasteiger partial charge in [-0.1, -0.05) is 0 Å². The highest BCUT2D eigenvalue weighted by atomic mass is 16.1. The first-order valence-corrected chi connectivity index (χ1v) is 4.91. The monoisotopic (exact) mass is 216 g/mol. The van der Waals surface area contributed by atoms with Gasteiger partial charge in [-0.05, 0) is 26.0 Å². The Morgan fingerprint density at radius 1 is 1.31 bits per heavy atom. The number of aryl methyl sites for hydroxylation is 2. The van der Waals surface area contributed by atoms with E-state index < -0.39 is 0 Å². The number of nitrogens with zero attached hydrogens (tertiary/aromatic N) is 2. The van der Waals surface area contributed by atoms with Crippen LogP contribution in [0.2, 0.25) is 0 Å². The standard InChI is InChI=1S/C11H12N4O/c1-7-3-4-9(5-12-7)14-11(16)10-6-13-15-8(10)2/h3-6H,1-2H3,(H,13,15)(H,14,16). The molecule has 5 heteroatoms. The summed E-state index contributed by atoms with van der Waals surface area (Å²) in [6.07, 6.45) is 3.13. The fourth-order valence-electron chi connectivity index (χ4n) is 1.32. The van der Waals surface area contributed by atoms with Gasteiger partial charge in [-0.2, -0.15) is 5.10 Å². The van der Waals surface area contributed by atoms with E-state index in [1.165, 1.54) is 6.20 Å². The molecule has 0 saturated heterocycles. The first-order chi connectivity index (χ1) is 7.66. The molecule has 2 heterocycles. The molecule has 0 aliphatic heterocycles. The van der Waals surface area contributed by atoms with Crippen molar-refractivity contribution in [2.75, 3.05) is 5.32 Å². The highest BCUT2D eigenvalue weighted by Crippen LogP contribution is 2.09. The fourth-order valence-corrected chi connectivity index (χ4v) is 1.32. The van der Waals surface area contributed by atoms with Crippen molar-refractivity contribution < 1.29 is 4.79 Å². The molecule has 0 aromatic carbocycles. The summed E-state index contributed by atoms with van der Waals surface area (Å²) in [5, 5.41) is 9.27. The van der Waals surface area contributed by atoms with Crippen LogP contribution in [-0.2, 0) is 0 Å². The van der Waals surface area contributed by atoms with Crippen LogP contribution in [0.5, 0.6) is 0 Å². The lowest BCUT2D eigenvalue weighted by Crippen LogP contribution is -2.12. The van der Waals surface area contributed by atoms with E-state index in [0.29, 0.717) is 11.3 Å². The third-order valence-electron chi connectivity index (χ3n) is 2.24. The Labute approximate surface area is 92.9 Å². The molecule has 16 heavy (non-hydrogen) atoms. The molecule has 0 spiro atoms. The summed E-state index contributed by atoms with van der Waals surface area (Å²) in [5.74, 6) is -0.183. The predicted octanol–water partition coefficient (Wildman–Crippen LogP) is 1.67. The highest BCUT2D eigenvalue weighted by molar-refractivity contribution is 6.04. The van der Waals surface area contributed by atoms with Gasteiger partial charge >= 0.3 is 0 Å². The van der Waals surface area contributed by atoms with E-state index in [2.05, 4.69) is 20.5 Å². The van der Waals surface area contributed by atoms with Crippen molar-refractivity contribution in [1.29, 1.82) is 0 Å². The van der Waals surface area contributed by atoms with Crippen LogP contribution in [0.15, 0.2) is 24.5 Å². The van der Waals surface area contributed by atoms with E-state index in [-0.39, 0.29) is 5.91 Å². The number of rotatable bonds is 2. The molecule has 0 saturated carbocycles. The molecule has 2 aromatic rings. The van der Waals surface area contributed by atoms with Gasteiger partial charge in [-0.15, -0.1) is 0 Å². The van der Waals surface area contributed by atoms with E-state index in [1.807, 2.05) is 19.1 Å². The number of aromatic amines is 1. The Hall–Kier alpha value is -2.17. The Balaban J connectivity index is 2.14. The molecule has 0 unspecified atom stereocenters. The predicted molar refractivity (Wildman–Crippen MR) is 60.3 cm³/mol. The lowest BCUT2D eigenvalue weighted by Gasteiger charge is -2.03. The highest BCUT2D eigenvalue weighted by Gasteiger charge is 2.10. The number of H-pyrrole nitrogens is 1. The molecular weight excluding hydrogens is 204 g/mol. The van der Waals surface area contributed by atoms with Gasteiger partial charge in [-0.3, -0.25) is 14.9 Å². The van der Waals surface area contributed by atoms with E-state index >= 15 is 0 Å². The second-order valence-corrected chi connectivity index (χ2v) is 3.55. The summed E-state index contributed by atoms with van der Waals surface area (Å²) in [6, 6.07) is 3.66. The summed E-state index contributed by atoms with van der Waals surface area (Å²) in [6.45, 7) is 3.70. The van der Waals surface area contributed by atoms with Gasteiger partial charge in [0.2, 0.25) is 0 Å². The number of anilines is 1. The fraction of sp³-hybridized carbons (Fsp3) is 0.182. The molecule has 0 fully saturated rings. The quantitative estimate of drug-likeness (QED) is 0.802. The van der Waals surface area contributed by atoms with Crippen molar-refractivity contribution in [1.82, 2.24) is 15.2 Å². The van der Waals surface area contributed by atoms with Gasteiger partial charge in [0.1, 0.15) is 0 Å². The average molecular weight is 216 g/mol. The minimum Gasteiger partial charge on any atom is -0.320 e. The molecule has 2 rings (SSSR count). The molecule has 82 valence electrons. The summed E-state index contributed by atoms with van der Waals surface area (Å²) in [7, 11) is 0. The van der Waals surface area contributed by atoms with Crippen molar-refractivity contribution in [3.63, 3.8) is 0 Å². The summed E-state index contributed by atoms with van der Waals surface area (Å²) >= 11 is 0. The zero-order valence-electron chi connectivity index (χ0n) is 9.11. The SMILES string of the molecule is Cc1ccc(NC(=O)c2cn[nH]c2C)cn1. The maximum absolute atomic E-state index is 11.8. The molecule has 0 radical (unpaired) electrons. The molecule has 0 atom stereocenters. The Morgan fingerprint density at radius 2 is 2.12 bits per heavy atom. The molecule has 0 bridgehead atoms. The van der Waals surface area contributed by atoms with Gasteiger partial charge in [-0.25, -0.2) is 0 Å². The first-order valence-electron chi connectivity index (χ1n) is 4.91. The largest absolute Gasteiger partial charge is 0.320 e. The lowest BCUT2D eigenvalue weighted by molar-refractivity contribution is 0.102. The van der Waals surface area contributed by atoms with E-state index in [1.54, 1.807) is 13.1 Å². The van der Waals surface area contributed by atoms with Crippen molar-refractivity contribution in [2.24, 2.45) is 0 Å². The number of pyridine rings is 1. The van der Waals surface area contributed by atoms with Crippen LogP contribution in [-0.4, -0.2) is 21.1 Å². The van der Waals surface area contributed by atoms with Crippen LogP contribution in [0.1, 0.15) is 21.7 Å². The average Bonchev–Trinajstić information content (AvgIpc) is 2.68. The number of carbonyl (C=O) groups is 1. The number of aromatic nitrogens is 3.